The maximum Gasteiger partial charge on any atom is 0.324 e. The molecule has 4 aromatic carbocycles. The summed E-state index contributed by atoms with van der Waals surface area (Å²) >= 11 is 0. The Morgan fingerprint density at radius 3 is 2.45 bits per heavy atom. The summed E-state index contributed by atoms with van der Waals surface area (Å²) in [4.78, 5) is 15.8. The number of urea groups is 1. The number of aromatic nitrogens is 2. The van der Waals surface area contributed by atoms with Crippen LogP contribution in [-0.4, -0.2) is 59.7 Å². The summed E-state index contributed by atoms with van der Waals surface area (Å²) in [6.07, 6.45) is 2.27. The molecule has 1 aromatic heterocycles. The molecule has 8 nitrogen and oxygen atoms in total. The molecule has 8 heteroatoms. The number of fused-ring (bicyclic) bond motifs is 1. The van der Waals surface area contributed by atoms with Gasteiger partial charge in [-0.05, 0) is 49.6 Å². The fourth-order valence-electron chi connectivity index (χ4n) is 5.91. The minimum Gasteiger partial charge on any atom is -0.492 e. The summed E-state index contributed by atoms with van der Waals surface area (Å²) in [6.45, 7) is 12.3. The van der Waals surface area contributed by atoms with Gasteiger partial charge in [0.2, 0.25) is 0 Å². The second-order valence-corrected chi connectivity index (χ2v) is 13.3. The number of nitrogens with one attached hydrogen (secondary N) is 2. The van der Waals surface area contributed by atoms with Gasteiger partial charge in [-0.3, -0.25) is 10.2 Å². The molecule has 1 saturated heterocycles. The first-order valence-corrected chi connectivity index (χ1v) is 16.5. The van der Waals surface area contributed by atoms with Crippen LogP contribution >= 0.6 is 0 Å². The first kappa shape index (κ1) is 32.3. The number of aryl methyl sites for hydroxylation is 2. The summed E-state index contributed by atoms with van der Waals surface area (Å²) in [5.41, 5.74) is 4.81. The molecule has 6 rings (SSSR count). The van der Waals surface area contributed by atoms with E-state index >= 15 is 0 Å². The van der Waals surface area contributed by atoms with E-state index < -0.39 is 0 Å². The molecule has 1 aliphatic rings. The van der Waals surface area contributed by atoms with Gasteiger partial charge in [0, 0.05) is 41.9 Å². The molecule has 0 radical (unpaired) electrons. The highest BCUT2D eigenvalue weighted by Crippen LogP contribution is 2.32. The third kappa shape index (κ3) is 8.20. The van der Waals surface area contributed by atoms with Crippen molar-refractivity contribution < 1.29 is 14.3 Å². The van der Waals surface area contributed by atoms with Gasteiger partial charge in [0.1, 0.15) is 18.2 Å². The monoisotopic (exact) mass is 631 g/mol. The van der Waals surface area contributed by atoms with E-state index in [-0.39, 0.29) is 17.6 Å². The van der Waals surface area contributed by atoms with Gasteiger partial charge in [0.05, 0.1) is 29.8 Å². The Bertz CT molecular complexity index is 1790. The number of ether oxygens (including phenoxy) is 2. The zero-order chi connectivity index (χ0) is 32.8. The average molecular weight is 632 g/mol. The second-order valence-electron chi connectivity index (χ2n) is 13.3. The lowest BCUT2D eigenvalue weighted by Crippen LogP contribution is -2.44. The van der Waals surface area contributed by atoms with Gasteiger partial charge < -0.3 is 14.8 Å². The summed E-state index contributed by atoms with van der Waals surface area (Å²) in [6, 6.07) is 32.1. The number of benzene rings is 4. The van der Waals surface area contributed by atoms with Crippen molar-refractivity contribution in [1.29, 1.82) is 0 Å². The molecule has 47 heavy (non-hydrogen) atoms. The lowest BCUT2D eigenvalue weighted by atomic mass is 9.92. The van der Waals surface area contributed by atoms with Crippen LogP contribution in [-0.2, 0) is 16.6 Å². The molecule has 2 amide bonds. The molecular formula is C39H45N5O3. The van der Waals surface area contributed by atoms with Crippen LogP contribution < -0.4 is 15.4 Å². The standard InChI is InChI=1S/C39H45N5O3/c1-28-14-17-30(18-15-28)44-37(26-36(42-44)39(2,3)4)41-38(45)40-34-20-21-35(33-13-9-8-12-32(33)34)47-25-23-43-22-24-46-31(27-43)19-16-29-10-6-5-7-11-29/h5-15,17-18,20-21,26,31H,16,19,22-25,27H2,1-4H3,(H2,40,41,45). The van der Waals surface area contributed by atoms with E-state index in [1.807, 2.05) is 73.7 Å². The van der Waals surface area contributed by atoms with Crippen molar-refractivity contribution in [1.82, 2.24) is 14.7 Å². The number of morpholine rings is 1. The highest BCUT2D eigenvalue weighted by Gasteiger charge is 2.23. The third-order valence-corrected chi connectivity index (χ3v) is 8.62. The number of hydrogen-bond acceptors (Lipinski definition) is 5. The van der Waals surface area contributed by atoms with Gasteiger partial charge in [-0.25, -0.2) is 9.48 Å². The van der Waals surface area contributed by atoms with Crippen LogP contribution in [0.15, 0.2) is 97.1 Å². The predicted molar refractivity (Wildman–Crippen MR) is 190 cm³/mol. The van der Waals surface area contributed by atoms with Crippen molar-refractivity contribution in [2.24, 2.45) is 0 Å². The fourth-order valence-corrected chi connectivity index (χ4v) is 5.91. The smallest absolute Gasteiger partial charge is 0.324 e. The molecule has 1 unspecified atom stereocenters. The lowest BCUT2D eigenvalue weighted by molar-refractivity contribution is -0.0344. The van der Waals surface area contributed by atoms with Crippen LogP contribution in [0.1, 0.15) is 44.0 Å². The molecule has 1 atom stereocenters. The molecule has 0 spiro atoms. The van der Waals surface area contributed by atoms with Crippen molar-refractivity contribution in [3.63, 3.8) is 0 Å². The zero-order valence-electron chi connectivity index (χ0n) is 27.8. The molecule has 1 aliphatic heterocycles. The van der Waals surface area contributed by atoms with Crippen LogP contribution in [0.2, 0.25) is 0 Å². The molecular weight excluding hydrogens is 586 g/mol. The summed E-state index contributed by atoms with van der Waals surface area (Å²) in [5, 5.41) is 12.8. The van der Waals surface area contributed by atoms with E-state index in [1.165, 1.54) is 5.56 Å². The average Bonchev–Trinajstić information content (AvgIpc) is 3.50. The Hall–Kier alpha value is -4.66. The Morgan fingerprint density at radius 1 is 0.936 bits per heavy atom. The Balaban J connectivity index is 1.09. The fraction of sp³-hybridized carbons (Fsp3) is 0.333. The number of anilines is 2. The normalized spacial score (nSPS) is 15.4. The van der Waals surface area contributed by atoms with Crippen molar-refractivity contribution in [3.05, 3.63) is 114 Å². The first-order valence-electron chi connectivity index (χ1n) is 16.5. The largest absolute Gasteiger partial charge is 0.492 e. The molecule has 0 aliphatic carbocycles. The summed E-state index contributed by atoms with van der Waals surface area (Å²) in [5.74, 6) is 1.40. The highest BCUT2D eigenvalue weighted by atomic mass is 16.5. The van der Waals surface area contributed by atoms with E-state index in [9.17, 15) is 4.79 Å². The molecule has 2 heterocycles. The second kappa shape index (κ2) is 14.4. The van der Waals surface area contributed by atoms with Gasteiger partial charge >= 0.3 is 6.03 Å². The van der Waals surface area contributed by atoms with Gasteiger partial charge in [0.15, 0.2) is 0 Å². The minimum absolute atomic E-state index is 0.180. The number of carbonyl (C=O) groups excluding carboxylic acids is 1. The van der Waals surface area contributed by atoms with Gasteiger partial charge in [-0.2, -0.15) is 5.10 Å². The Kier molecular flexibility index (Phi) is 9.90. The van der Waals surface area contributed by atoms with Crippen molar-refractivity contribution in [3.8, 4) is 11.4 Å². The highest BCUT2D eigenvalue weighted by molar-refractivity contribution is 6.07. The van der Waals surface area contributed by atoms with E-state index in [2.05, 4.69) is 66.6 Å². The van der Waals surface area contributed by atoms with Crippen LogP contribution in [0.5, 0.6) is 5.75 Å². The molecule has 0 bridgehead atoms. The first-order chi connectivity index (χ1) is 22.7. The summed E-state index contributed by atoms with van der Waals surface area (Å²) in [7, 11) is 0. The third-order valence-electron chi connectivity index (χ3n) is 8.62. The molecule has 2 N–H and O–H groups in total. The maximum absolute atomic E-state index is 13.4. The number of carbonyl (C=O) groups is 1. The SMILES string of the molecule is Cc1ccc(-n2nc(C(C)(C)C)cc2NC(=O)Nc2ccc(OCCN3CCOC(CCc4ccccc4)C3)c3ccccc23)cc1. The molecule has 1 fully saturated rings. The topological polar surface area (TPSA) is 80.7 Å². The van der Waals surface area contributed by atoms with E-state index in [1.54, 1.807) is 4.68 Å². The van der Waals surface area contributed by atoms with Crippen LogP contribution in [0.25, 0.3) is 16.5 Å². The molecule has 244 valence electrons. The van der Waals surface area contributed by atoms with Crippen LogP contribution in [0.4, 0.5) is 16.3 Å². The lowest BCUT2D eigenvalue weighted by Gasteiger charge is -2.33. The maximum atomic E-state index is 13.4. The number of hydrogen-bond donors (Lipinski definition) is 2. The zero-order valence-corrected chi connectivity index (χ0v) is 27.8. The predicted octanol–water partition coefficient (Wildman–Crippen LogP) is 7.99. The van der Waals surface area contributed by atoms with Crippen molar-refractivity contribution in [2.75, 3.05) is 43.5 Å². The number of amides is 2. The van der Waals surface area contributed by atoms with Crippen molar-refractivity contribution in [2.45, 2.75) is 52.1 Å². The van der Waals surface area contributed by atoms with E-state index in [0.29, 0.717) is 18.1 Å². The number of rotatable bonds is 10. The van der Waals surface area contributed by atoms with Gasteiger partial charge in [-0.15, -0.1) is 0 Å². The van der Waals surface area contributed by atoms with E-state index in [4.69, 9.17) is 14.6 Å². The van der Waals surface area contributed by atoms with Gasteiger partial charge in [-0.1, -0.05) is 93.1 Å². The Labute approximate surface area is 277 Å². The minimum atomic E-state index is -0.341. The quantitative estimate of drug-likeness (QED) is 0.163. The van der Waals surface area contributed by atoms with Crippen molar-refractivity contribution >= 4 is 28.3 Å². The molecule has 0 saturated carbocycles. The van der Waals surface area contributed by atoms with Crippen LogP contribution in [0.3, 0.4) is 0 Å². The number of nitrogens with zero attached hydrogens (tertiary/aromatic N) is 3. The van der Waals surface area contributed by atoms with Gasteiger partial charge in [0.25, 0.3) is 0 Å². The Morgan fingerprint density at radius 2 is 1.68 bits per heavy atom. The molecule has 5 aromatic rings. The van der Waals surface area contributed by atoms with Crippen LogP contribution in [0, 0.1) is 6.92 Å². The summed E-state index contributed by atoms with van der Waals surface area (Å²) < 4.78 is 14.2. The van der Waals surface area contributed by atoms with E-state index in [0.717, 1.165) is 72.5 Å².